The number of aromatic nitrogens is 1. The number of rotatable bonds is 11. The molecule has 3 aromatic rings. The number of ether oxygens (including phenoxy) is 3. The van der Waals surface area contributed by atoms with Gasteiger partial charge >= 0.3 is 0 Å². The summed E-state index contributed by atoms with van der Waals surface area (Å²) in [6.07, 6.45) is 2.16. The monoisotopic (exact) mass is 496 g/mol. The SMILES string of the molecule is CC(C)Oc1cc(CN2CCC(Nc3nc4cc(OCC(N)=O)ccc4o3)CC2)cc(OC(C)C)c1. The Morgan fingerprint density at radius 2 is 1.72 bits per heavy atom. The second kappa shape index (κ2) is 11.5. The van der Waals surface area contributed by atoms with Gasteiger partial charge in [0.2, 0.25) is 0 Å². The number of nitrogens with two attached hydrogens (primary N) is 1. The van der Waals surface area contributed by atoms with E-state index in [0.717, 1.165) is 44.0 Å². The van der Waals surface area contributed by atoms with Gasteiger partial charge in [0.25, 0.3) is 11.9 Å². The summed E-state index contributed by atoms with van der Waals surface area (Å²) in [6.45, 7) is 10.7. The number of carbonyl (C=O) groups is 1. The fourth-order valence-corrected chi connectivity index (χ4v) is 4.28. The Kier molecular flexibility index (Phi) is 8.20. The third-order valence-corrected chi connectivity index (χ3v) is 5.74. The van der Waals surface area contributed by atoms with Crippen LogP contribution in [0.3, 0.4) is 0 Å². The van der Waals surface area contributed by atoms with Crippen LogP contribution in [0.15, 0.2) is 40.8 Å². The molecule has 0 spiro atoms. The molecule has 3 N–H and O–H groups in total. The van der Waals surface area contributed by atoms with Gasteiger partial charge < -0.3 is 29.7 Å². The Labute approximate surface area is 211 Å². The van der Waals surface area contributed by atoms with Crippen molar-refractivity contribution in [1.82, 2.24) is 9.88 Å². The van der Waals surface area contributed by atoms with E-state index < -0.39 is 5.91 Å². The van der Waals surface area contributed by atoms with Crippen molar-refractivity contribution in [3.05, 3.63) is 42.0 Å². The van der Waals surface area contributed by atoms with Crippen molar-refractivity contribution < 1.29 is 23.4 Å². The number of likely N-dealkylation sites (tertiary alicyclic amines) is 1. The molecule has 2 heterocycles. The molecule has 1 saturated heterocycles. The first-order chi connectivity index (χ1) is 17.2. The number of piperidine rings is 1. The molecule has 0 bridgehead atoms. The number of hydrogen-bond acceptors (Lipinski definition) is 8. The van der Waals surface area contributed by atoms with E-state index in [0.29, 0.717) is 22.9 Å². The first-order valence-corrected chi connectivity index (χ1v) is 12.5. The maximum absolute atomic E-state index is 10.9. The van der Waals surface area contributed by atoms with E-state index in [1.54, 1.807) is 18.2 Å². The Morgan fingerprint density at radius 1 is 1.06 bits per heavy atom. The highest BCUT2D eigenvalue weighted by Gasteiger charge is 2.21. The van der Waals surface area contributed by atoms with Crippen molar-refractivity contribution in [2.24, 2.45) is 5.73 Å². The fraction of sp³-hybridized carbons (Fsp3) is 0.481. The van der Waals surface area contributed by atoms with Crippen LogP contribution in [0.5, 0.6) is 17.2 Å². The molecule has 36 heavy (non-hydrogen) atoms. The average Bonchev–Trinajstić information content (AvgIpc) is 3.19. The molecule has 0 radical (unpaired) electrons. The predicted octanol–water partition coefficient (Wildman–Crippen LogP) is 4.34. The number of fused-ring (bicyclic) bond motifs is 1. The average molecular weight is 497 g/mol. The Hall–Kier alpha value is -3.46. The summed E-state index contributed by atoms with van der Waals surface area (Å²) in [5.41, 5.74) is 7.65. The third-order valence-electron chi connectivity index (χ3n) is 5.74. The quantitative estimate of drug-likeness (QED) is 0.403. The maximum atomic E-state index is 10.9. The number of nitrogens with zero attached hydrogens (tertiary/aromatic N) is 2. The van der Waals surface area contributed by atoms with E-state index in [1.165, 1.54) is 5.56 Å². The van der Waals surface area contributed by atoms with E-state index in [2.05, 4.69) is 27.3 Å². The highest BCUT2D eigenvalue weighted by atomic mass is 16.5. The second-order valence-electron chi connectivity index (χ2n) is 9.74. The topological polar surface area (TPSA) is 112 Å². The van der Waals surface area contributed by atoms with E-state index in [9.17, 15) is 4.79 Å². The van der Waals surface area contributed by atoms with Gasteiger partial charge in [0.05, 0.1) is 12.2 Å². The van der Waals surface area contributed by atoms with Gasteiger partial charge in [-0.2, -0.15) is 4.98 Å². The Balaban J connectivity index is 1.33. The lowest BCUT2D eigenvalue weighted by Crippen LogP contribution is -2.38. The zero-order chi connectivity index (χ0) is 25.7. The number of nitrogens with one attached hydrogen (secondary N) is 1. The van der Waals surface area contributed by atoms with Crippen LogP contribution in [-0.2, 0) is 11.3 Å². The molecule has 1 fully saturated rings. The van der Waals surface area contributed by atoms with Crippen LogP contribution in [0.2, 0.25) is 0 Å². The van der Waals surface area contributed by atoms with Crippen molar-refractivity contribution in [1.29, 1.82) is 0 Å². The largest absolute Gasteiger partial charge is 0.491 e. The molecular weight excluding hydrogens is 460 g/mol. The molecule has 1 amide bonds. The molecule has 0 unspecified atom stereocenters. The summed E-state index contributed by atoms with van der Waals surface area (Å²) in [5.74, 6) is 1.69. The molecule has 1 aliphatic rings. The number of anilines is 1. The number of hydrogen-bond donors (Lipinski definition) is 2. The lowest BCUT2D eigenvalue weighted by atomic mass is 10.0. The molecule has 0 atom stereocenters. The first-order valence-electron chi connectivity index (χ1n) is 12.5. The molecule has 194 valence electrons. The van der Waals surface area contributed by atoms with Gasteiger partial charge in [0.15, 0.2) is 12.2 Å². The standard InChI is InChI=1S/C27H36N4O5/c1-17(2)34-22-11-19(12-23(13-22)35-18(3)4)15-31-9-7-20(8-10-31)29-27-30-24-14-21(33-16-26(28)32)5-6-25(24)36-27/h5-6,11-14,17-18,20H,7-10,15-16H2,1-4H3,(H2,28,32)(H,29,30). The fourth-order valence-electron chi connectivity index (χ4n) is 4.28. The van der Waals surface area contributed by atoms with E-state index in [-0.39, 0.29) is 24.9 Å². The summed E-state index contributed by atoms with van der Waals surface area (Å²) in [5, 5.41) is 3.43. The van der Waals surface area contributed by atoms with Crippen LogP contribution < -0.4 is 25.3 Å². The molecule has 1 aromatic heterocycles. The second-order valence-corrected chi connectivity index (χ2v) is 9.74. The lowest BCUT2D eigenvalue weighted by molar-refractivity contribution is -0.119. The third kappa shape index (κ3) is 7.27. The molecular formula is C27H36N4O5. The van der Waals surface area contributed by atoms with Crippen LogP contribution in [-0.4, -0.2) is 53.7 Å². The summed E-state index contributed by atoms with van der Waals surface area (Å²) in [4.78, 5) is 17.9. The van der Waals surface area contributed by atoms with Gasteiger partial charge in [-0.1, -0.05) is 0 Å². The molecule has 9 heteroatoms. The zero-order valence-corrected chi connectivity index (χ0v) is 21.5. The van der Waals surface area contributed by atoms with Crippen LogP contribution in [0, 0.1) is 0 Å². The van der Waals surface area contributed by atoms with Gasteiger partial charge in [-0.25, -0.2) is 0 Å². The molecule has 0 saturated carbocycles. The predicted molar refractivity (Wildman–Crippen MR) is 139 cm³/mol. The van der Waals surface area contributed by atoms with E-state index >= 15 is 0 Å². The van der Waals surface area contributed by atoms with Crippen LogP contribution in [0.25, 0.3) is 11.1 Å². The molecule has 9 nitrogen and oxygen atoms in total. The molecule has 0 aliphatic carbocycles. The van der Waals surface area contributed by atoms with Crippen LogP contribution >= 0.6 is 0 Å². The summed E-state index contributed by atoms with van der Waals surface area (Å²) in [6, 6.07) is 12.2. The summed E-state index contributed by atoms with van der Waals surface area (Å²) >= 11 is 0. The molecule has 4 rings (SSSR count). The lowest BCUT2D eigenvalue weighted by Gasteiger charge is -2.32. The van der Waals surface area contributed by atoms with Crippen molar-refractivity contribution in [2.45, 2.75) is 65.3 Å². The van der Waals surface area contributed by atoms with E-state index in [1.807, 2.05) is 33.8 Å². The number of primary amides is 1. The van der Waals surface area contributed by atoms with Gasteiger partial charge in [-0.05, 0) is 70.4 Å². The van der Waals surface area contributed by atoms with Crippen molar-refractivity contribution in [2.75, 3.05) is 25.0 Å². The van der Waals surface area contributed by atoms with Gasteiger partial charge in [-0.3, -0.25) is 9.69 Å². The number of benzene rings is 2. The van der Waals surface area contributed by atoms with Crippen LogP contribution in [0.1, 0.15) is 46.1 Å². The van der Waals surface area contributed by atoms with Gasteiger partial charge in [0, 0.05) is 37.8 Å². The highest BCUT2D eigenvalue weighted by molar-refractivity contribution is 5.77. The first kappa shape index (κ1) is 25.6. The van der Waals surface area contributed by atoms with Crippen molar-refractivity contribution >= 4 is 23.0 Å². The molecule has 1 aliphatic heterocycles. The number of amides is 1. The summed E-state index contributed by atoms with van der Waals surface area (Å²) < 4.78 is 23.1. The highest BCUT2D eigenvalue weighted by Crippen LogP contribution is 2.28. The smallest absolute Gasteiger partial charge is 0.295 e. The Bertz CT molecular complexity index is 1140. The van der Waals surface area contributed by atoms with Crippen molar-refractivity contribution in [3.8, 4) is 17.2 Å². The van der Waals surface area contributed by atoms with E-state index in [4.69, 9.17) is 24.4 Å². The Morgan fingerprint density at radius 3 is 2.33 bits per heavy atom. The number of oxazole rings is 1. The maximum Gasteiger partial charge on any atom is 0.295 e. The minimum absolute atomic E-state index is 0.107. The summed E-state index contributed by atoms with van der Waals surface area (Å²) in [7, 11) is 0. The van der Waals surface area contributed by atoms with Crippen molar-refractivity contribution in [3.63, 3.8) is 0 Å². The van der Waals surface area contributed by atoms with Gasteiger partial charge in [0.1, 0.15) is 22.8 Å². The number of carbonyl (C=O) groups excluding carboxylic acids is 1. The van der Waals surface area contributed by atoms with Gasteiger partial charge in [-0.15, -0.1) is 0 Å². The molecule has 2 aromatic carbocycles. The van der Waals surface area contributed by atoms with Crippen LogP contribution in [0.4, 0.5) is 6.01 Å². The normalized spacial score (nSPS) is 14.9. The minimum atomic E-state index is -0.523. The zero-order valence-electron chi connectivity index (χ0n) is 21.5. The minimum Gasteiger partial charge on any atom is -0.491 e.